The quantitative estimate of drug-likeness (QED) is 0.377. The molecule has 0 aliphatic carbocycles. The molecule has 0 radical (unpaired) electrons. The van der Waals surface area contributed by atoms with Gasteiger partial charge in [-0.3, -0.25) is 9.69 Å². The van der Waals surface area contributed by atoms with Gasteiger partial charge in [-0.2, -0.15) is 5.16 Å². The number of aromatic amines is 1. The highest BCUT2D eigenvalue weighted by molar-refractivity contribution is 6.32. The molecule has 4 aromatic rings. The summed E-state index contributed by atoms with van der Waals surface area (Å²) in [5.41, 5.74) is 5.38. The van der Waals surface area contributed by atoms with E-state index >= 15 is 0 Å². The number of ether oxygens (including phenoxy) is 1. The van der Waals surface area contributed by atoms with E-state index in [9.17, 15) is 4.79 Å². The summed E-state index contributed by atoms with van der Waals surface area (Å²) in [4.78, 5) is 14.1. The molecule has 0 amide bonds. The van der Waals surface area contributed by atoms with Gasteiger partial charge in [0.2, 0.25) is 0 Å². The number of aromatic nitrogens is 1. The van der Waals surface area contributed by atoms with Crippen molar-refractivity contribution in [3.63, 3.8) is 0 Å². The lowest BCUT2D eigenvalue weighted by molar-refractivity contribution is 0.248. The van der Waals surface area contributed by atoms with E-state index in [1.807, 2.05) is 12.1 Å². The zero-order chi connectivity index (χ0) is 22.2. The van der Waals surface area contributed by atoms with E-state index < -0.39 is 0 Å². The number of halogens is 1. The Labute approximate surface area is 191 Å². The molecule has 2 heterocycles. The van der Waals surface area contributed by atoms with Crippen molar-refractivity contribution >= 4 is 22.6 Å². The molecule has 0 saturated carbocycles. The van der Waals surface area contributed by atoms with Gasteiger partial charge in [0.1, 0.15) is 11.5 Å². The normalized spacial score (nSPS) is 16.7. The van der Waals surface area contributed by atoms with Crippen molar-refractivity contribution in [1.82, 2.24) is 10.1 Å². The molecule has 1 unspecified atom stereocenters. The van der Waals surface area contributed by atoms with Gasteiger partial charge in [0.25, 0.3) is 5.56 Å². The second-order valence-corrected chi connectivity index (χ2v) is 9.01. The number of nitrogens with zero attached hydrogens (tertiary/aromatic N) is 1. The number of rotatable bonds is 5. The van der Waals surface area contributed by atoms with Crippen LogP contribution in [0.2, 0.25) is 5.02 Å². The molecule has 164 valence electrons. The van der Waals surface area contributed by atoms with Crippen molar-refractivity contribution in [3.05, 3.63) is 92.2 Å². The highest BCUT2D eigenvalue weighted by Gasteiger charge is 2.26. The summed E-state index contributed by atoms with van der Waals surface area (Å²) in [6.07, 6.45) is 2.37. The number of fused-ring (bicyclic) bond motifs is 1. The van der Waals surface area contributed by atoms with Crippen molar-refractivity contribution in [2.75, 3.05) is 6.54 Å². The Morgan fingerprint density at radius 2 is 1.91 bits per heavy atom. The fraction of sp³-hybridized carbons (Fsp3) is 0.269. The van der Waals surface area contributed by atoms with Crippen molar-refractivity contribution in [2.45, 2.75) is 39.3 Å². The number of benzene rings is 3. The van der Waals surface area contributed by atoms with E-state index in [0.29, 0.717) is 33.5 Å². The predicted octanol–water partition coefficient (Wildman–Crippen LogP) is 6.52. The Kier molecular flexibility index (Phi) is 5.53. The van der Waals surface area contributed by atoms with E-state index in [4.69, 9.17) is 20.9 Å². The van der Waals surface area contributed by atoms with E-state index in [1.165, 1.54) is 29.5 Å². The van der Waals surface area contributed by atoms with Crippen LogP contribution < -0.4 is 10.3 Å². The molecule has 5 nitrogen and oxygen atoms in total. The van der Waals surface area contributed by atoms with Gasteiger partial charge in [0.05, 0.1) is 10.4 Å². The monoisotopic (exact) mass is 448 g/mol. The van der Waals surface area contributed by atoms with E-state index in [0.717, 1.165) is 18.7 Å². The fourth-order valence-corrected chi connectivity index (χ4v) is 4.92. The van der Waals surface area contributed by atoms with Crippen molar-refractivity contribution in [2.24, 2.45) is 0 Å². The molecule has 1 aromatic heterocycles. The second-order valence-electron chi connectivity index (χ2n) is 8.61. The lowest BCUT2D eigenvalue weighted by atomic mass is 9.99. The largest absolute Gasteiger partial charge is 0.456 e. The lowest BCUT2D eigenvalue weighted by Gasteiger charge is -2.26. The maximum absolute atomic E-state index is 11.6. The van der Waals surface area contributed by atoms with Crippen LogP contribution in [0.5, 0.6) is 11.5 Å². The van der Waals surface area contributed by atoms with Gasteiger partial charge < -0.3 is 9.26 Å². The first kappa shape index (κ1) is 20.9. The van der Waals surface area contributed by atoms with Crippen LogP contribution in [-0.2, 0) is 6.54 Å². The van der Waals surface area contributed by atoms with Crippen molar-refractivity contribution in [1.29, 1.82) is 0 Å². The maximum Gasteiger partial charge on any atom is 0.287 e. The average molecular weight is 449 g/mol. The molecular formula is C26H25ClN2O3. The van der Waals surface area contributed by atoms with Crippen LogP contribution in [0.1, 0.15) is 41.1 Å². The van der Waals surface area contributed by atoms with E-state index in [2.05, 4.69) is 48.2 Å². The molecule has 1 aliphatic rings. The van der Waals surface area contributed by atoms with Crippen LogP contribution in [0.25, 0.3) is 11.0 Å². The summed E-state index contributed by atoms with van der Waals surface area (Å²) in [7, 11) is 0. The standard InChI is InChI=1S/C26H25ClN2O3/c1-16-10-17(2)12-19(11-16)23-4-3-9-29(23)15-18-5-8-24(22(27)13-18)31-20-6-7-21-25(14-20)32-28-26(21)30/h5-8,10-14,23H,3-4,9,15H2,1-2H3,(H,28,30). The third kappa shape index (κ3) is 4.18. The van der Waals surface area contributed by atoms with Crippen molar-refractivity contribution < 1.29 is 9.26 Å². The van der Waals surface area contributed by atoms with Crippen LogP contribution in [-0.4, -0.2) is 16.6 Å². The Bertz CT molecular complexity index is 1320. The summed E-state index contributed by atoms with van der Waals surface area (Å²) >= 11 is 6.56. The Hall–Kier alpha value is -3.02. The highest BCUT2D eigenvalue weighted by atomic mass is 35.5. The minimum absolute atomic E-state index is 0.255. The van der Waals surface area contributed by atoms with Gasteiger partial charge in [-0.1, -0.05) is 47.0 Å². The zero-order valence-electron chi connectivity index (χ0n) is 18.2. The SMILES string of the molecule is Cc1cc(C)cc(C2CCCN2Cc2ccc(Oc3ccc4c(=O)[nH]oc4c3)c(Cl)c2)c1. The van der Waals surface area contributed by atoms with Crippen LogP contribution in [0, 0.1) is 13.8 Å². The van der Waals surface area contributed by atoms with Crippen LogP contribution >= 0.6 is 11.6 Å². The molecule has 1 saturated heterocycles. The molecule has 1 N–H and O–H groups in total. The van der Waals surface area contributed by atoms with Crippen LogP contribution in [0.4, 0.5) is 0 Å². The number of likely N-dealkylation sites (tertiary alicyclic amines) is 1. The Balaban J connectivity index is 1.32. The smallest absolute Gasteiger partial charge is 0.287 e. The summed E-state index contributed by atoms with van der Waals surface area (Å²) in [5, 5.41) is 3.37. The third-order valence-corrected chi connectivity index (χ3v) is 6.35. The maximum atomic E-state index is 11.6. The van der Waals surface area contributed by atoms with Gasteiger partial charge in [-0.25, -0.2) is 0 Å². The predicted molar refractivity (Wildman–Crippen MR) is 127 cm³/mol. The molecule has 0 spiro atoms. The number of aryl methyl sites for hydroxylation is 2. The molecule has 0 bridgehead atoms. The average Bonchev–Trinajstić information content (AvgIpc) is 3.36. The minimum atomic E-state index is -0.255. The van der Waals surface area contributed by atoms with Crippen LogP contribution in [0.3, 0.4) is 0 Å². The Morgan fingerprint density at radius 3 is 2.69 bits per heavy atom. The minimum Gasteiger partial charge on any atom is -0.456 e. The number of H-pyrrole nitrogens is 1. The molecular weight excluding hydrogens is 424 g/mol. The summed E-state index contributed by atoms with van der Waals surface area (Å²) in [5.74, 6) is 1.13. The molecule has 3 aromatic carbocycles. The van der Waals surface area contributed by atoms with E-state index in [-0.39, 0.29) is 5.56 Å². The first-order valence-corrected chi connectivity index (χ1v) is 11.2. The van der Waals surface area contributed by atoms with Gasteiger partial charge in [-0.15, -0.1) is 0 Å². The lowest BCUT2D eigenvalue weighted by Crippen LogP contribution is -2.22. The summed E-state index contributed by atoms with van der Waals surface area (Å²) in [6.45, 7) is 6.25. The Morgan fingerprint density at radius 1 is 1.09 bits per heavy atom. The van der Waals surface area contributed by atoms with E-state index in [1.54, 1.807) is 18.2 Å². The molecule has 1 fully saturated rings. The van der Waals surface area contributed by atoms with Crippen LogP contribution in [0.15, 0.2) is 63.9 Å². The van der Waals surface area contributed by atoms with Gasteiger partial charge >= 0.3 is 0 Å². The number of hydrogen-bond donors (Lipinski definition) is 1. The van der Waals surface area contributed by atoms with Gasteiger partial charge in [0.15, 0.2) is 5.58 Å². The summed E-state index contributed by atoms with van der Waals surface area (Å²) < 4.78 is 11.1. The van der Waals surface area contributed by atoms with Gasteiger partial charge in [0, 0.05) is 18.7 Å². The fourth-order valence-electron chi connectivity index (χ4n) is 4.68. The van der Waals surface area contributed by atoms with Gasteiger partial charge in [-0.05, 0) is 68.6 Å². The van der Waals surface area contributed by atoms with Crippen molar-refractivity contribution in [3.8, 4) is 11.5 Å². The molecule has 1 aliphatic heterocycles. The number of nitrogens with one attached hydrogen (secondary N) is 1. The highest BCUT2D eigenvalue weighted by Crippen LogP contribution is 2.36. The molecule has 5 rings (SSSR count). The molecule has 1 atom stereocenters. The molecule has 32 heavy (non-hydrogen) atoms. The number of hydrogen-bond acceptors (Lipinski definition) is 4. The zero-order valence-corrected chi connectivity index (χ0v) is 18.9. The summed E-state index contributed by atoms with van der Waals surface area (Å²) in [6, 6.07) is 18.3. The second kappa shape index (κ2) is 8.49. The first-order chi connectivity index (χ1) is 15.5. The third-order valence-electron chi connectivity index (χ3n) is 6.05. The molecule has 6 heteroatoms. The first-order valence-electron chi connectivity index (χ1n) is 10.9. The topological polar surface area (TPSA) is 58.5 Å².